The van der Waals surface area contributed by atoms with E-state index in [1.165, 1.54) is 6.42 Å². The molecule has 1 aliphatic carbocycles. The summed E-state index contributed by atoms with van der Waals surface area (Å²) in [5, 5.41) is 6.30. The predicted octanol–water partition coefficient (Wildman–Crippen LogP) is 3.65. The SMILES string of the molecule is CCN1CCN(CCN2C(=O)[C@H]3[C@@H](C(=O)Nc4ccc(Oc5ccccc5)cc4)[C@H]4C=C[C@@]3(O4)[C@@H]2C(=O)NC2CCCCC2)CC1. The van der Waals surface area contributed by atoms with E-state index in [0.717, 1.165) is 64.2 Å². The lowest BCUT2D eigenvalue weighted by Crippen LogP contribution is -2.57. The summed E-state index contributed by atoms with van der Waals surface area (Å²) < 4.78 is 12.4. The molecule has 3 amide bonds. The number of carbonyl (C=O) groups is 3. The number of para-hydroxylation sites is 1. The lowest BCUT2D eigenvalue weighted by Gasteiger charge is -2.37. The van der Waals surface area contributed by atoms with E-state index < -0.39 is 29.6 Å². The minimum atomic E-state index is -1.16. The normalized spacial score (nSPS) is 29.6. The molecule has 4 aliphatic heterocycles. The maximum absolute atomic E-state index is 14.3. The van der Waals surface area contributed by atoms with Crippen molar-refractivity contribution in [2.75, 3.05) is 51.1 Å². The summed E-state index contributed by atoms with van der Waals surface area (Å²) in [5.41, 5.74) is -0.553. The van der Waals surface area contributed by atoms with Crippen molar-refractivity contribution < 1.29 is 23.9 Å². The number of nitrogens with one attached hydrogen (secondary N) is 2. The van der Waals surface area contributed by atoms with Gasteiger partial charge < -0.3 is 29.9 Å². The minimum absolute atomic E-state index is 0.103. The summed E-state index contributed by atoms with van der Waals surface area (Å²) in [6.07, 6.45) is 8.47. The molecule has 1 spiro atoms. The molecule has 0 radical (unpaired) electrons. The molecule has 5 aliphatic rings. The molecule has 10 nitrogen and oxygen atoms in total. The van der Waals surface area contributed by atoms with E-state index >= 15 is 0 Å². The Labute approximate surface area is 271 Å². The number of carbonyl (C=O) groups excluding carboxylic acids is 3. The maximum Gasteiger partial charge on any atom is 0.246 e. The molecule has 7 rings (SSSR count). The number of anilines is 1. The van der Waals surface area contributed by atoms with Gasteiger partial charge in [0.25, 0.3) is 0 Å². The molecule has 3 saturated heterocycles. The highest BCUT2D eigenvalue weighted by Gasteiger charge is 2.72. The number of likely N-dealkylation sites (tertiary alicyclic amines) is 1. The van der Waals surface area contributed by atoms with Crippen LogP contribution in [0.1, 0.15) is 39.0 Å². The molecule has 10 heteroatoms. The van der Waals surface area contributed by atoms with Crippen LogP contribution >= 0.6 is 0 Å². The second-order valence-corrected chi connectivity index (χ2v) is 13.3. The predicted molar refractivity (Wildman–Crippen MR) is 174 cm³/mol. The van der Waals surface area contributed by atoms with Gasteiger partial charge in [0.15, 0.2) is 0 Å². The van der Waals surface area contributed by atoms with Crippen LogP contribution < -0.4 is 15.4 Å². The van der Waals surface area contributed by atoms with Gasteiger partial charge in [0.05, 0.1) is 17.9 Å². The van der Waals surface area contributed by atoms with Crippen LogP contribution in [0.5, 0.6) is 11.5 Å². The summed E-state index contributed by atoms with van der Waals surface area (Å²) in [6, 6.07) is 16.0. The summed E-state index contributed by atoms with van der Waals surface area (Å²) in [4.78, 5) is 48.8. The van der Waals surface area contributed by atoms with Crippen molar-refractivity contribution in [2.45, 2.75) is 62.8 Å². The summed E-state index contributed by atoms with van der Waals surface area (Å²) in [5.74, 6) is -0.740. The van der Waals surface area contributed by atoms with E-state index in [4.69, 9.17) is 9.47 Å². The van der Waals surface area contributed by atoms with Crippen molar-refractivity contribution in [3.05, 3.63) is 66.7 Å². The van der Waals surface area contributed by atoms with E-state index in [1.807, 2.05) is 42.5 Å². The van der Waals surface area contributed by atoms with Crippen LogP contribution in [-0.2, 0) is 19.1 Å². The highest BCUT2D eigenvalue weighted by Crippen LogP contribution is 2.55. The van der Waals surface area contributed by atoms with Crippen LogP contribution in [0.4, 0.5) is 5.69 Å². The molecule has 244 valence electrons. The van der Waals surface area contributed by atoms with Crippen LogP contribution in [0, 0.1) is 11.8 Å². The zero-order chi connectivity index (χ0) is 31.7. The third kappa shape index (κ3) is 5.94. The van der Waals surface area contributed by atoms with Gasteiger partial charge in [-0.25, -0.2) is 0 Å². The second kappa shape index (κ2) is 13.2. The first-order chi connectivity index (χ1) is 22.4. The molecule has 0 unspecified atom stereocenters. The minimum Gasteiger partial charge on any atom is -0.457 e. The van der Waals surface area contributed by atoms with E-state index in [-0.39, 0.29) is 23.8 Å². The Morgan fingerprint density at radius 1 is 0.891 bits per heavy atom. The Morgan fingerprint density at radius 3 is 2.30 bits per heavy atom. The molecule has 0 aromatic heterocycles. The number of rotatable bonds is 10. The molecule has 2 aromatic carbocycles. The molecular formula is C36H45N5O5. The quantitative estimate of drug-likeness (QED) is 0.388. The van der Waals surface area contributed by atoms with E-state index in [1.54, 1.807) is 29.2 Å². The Kier molecular flexibility index (Phi) is 8.85. The Hall–Kier alpha value is -3.73. The fraction of sp³-hybridized carbons (Fsp3) is 0.528. The summed E-state index contributed by atoms with van der Waals surface area (Å²) in [7, 11) is 0. The monoisotopic (exact) mass is 627 g/mol. The number of piperazine rings is 1. The van der Waals surface area contributed by atoms with Gasteiger partial charge in [0.1, 0.15) is 23.1 Å². The van der Waals surface area contributed by atoms with Crippen molar-refractivity contribution in [1.82, 2.24) is 20.0 Å². The summed E-state index contributed by atoms with van der Waals surface area (Å²) in [6.45, 7) is 8.17. The van der Waals surface area contributed by atoms with Crippen LogP contribution in [-0.4, -0.2) is 102 Å². The van der Waals surface area contributed by atoms with Crippen molar-refractivity contribution in [1.29, 1.82) is 0 Å². The molecule has 5 atom stereocenters. The first-order valence-corrected chi connectivity index (χ1v) is 17.0. The van der Waals surface area contributed by atoms with Crippen LogP contribution in [0.15, 0.2) is 66.7 Å². The van der Waals surface area contributed by atoms with Crippen LogP contribution in [0.2, 0.25) is 0 Å². The number of likely N-dealkylation sites (N-methyl/N-ethyl adjacent to an activating group) is 1. The highest BCUT2D eigenvalue weighted by molar-refractivity contribution is 6.02. The molecule has 2 bridgehead atoms. The van der Waals surface area contributed by atoms with Gasteiger partial charge in [-0.3, -0.25) is 19.3 Å². The lowest BCUT2D eigenvalue weighted by atomic mass is 9.74. The van der Waals surface area contributed by atoms with Crippen molar-refractivity contribution in [3.8, 4) is 11.5 Å². The van der Waals surface area contributed by atoms with Crippen molar-refractivity contribution >= 4 is 23.4 Å². The fourth-order valence-corrected chi connectivity index (χ4v) is 8.07. The van der Waals surface area contributed by atoms with Crippen LogP contribution in [0.25, 0.3) is 0 Å². The molecule has 46 heavy (non-hydrogen) atoms. The third-order valence-corrected chi connectivity index (χ3v) is 10.5. The topological polar surface area (TPSA) is 103 Å². The number of nitrogens with zero attached hydrogens (tertiary/aromatic N) is 3. The standard InChI is InChI=1S/C36H45N5O5/c1-2-39-19-21-40(22-20-39)23-24-41-32(34(43)38-25-9-5-3-6-10-25)36-18-17-29(46-36)30(31(36)35(41)44)33(42)37-26-13-15-28(16-14-26)45-27-11-7-4-8-12-27/h4,7-8,11-18,25,29-32H,2-3,5-6,9-10,19-24H2,1H3,(H,37,42)(H,38,43)/t29-,30+,31-,32+,36+/m1/s1. The van der Waals surface area contributed by atoms with Gasteiger partial charge in [0.2, 0.25) is 17.7 Å². The average Bonchev–Trinajstić information content (AvgIpc) is 3.73. The molecule has 4 fully saturated rings. The lowest BCUT2D eigenvalue weighted by molar-refractivity contribution is -0.141. The third-order valence-electron chi connectivity index (χ3n) is 10.5. The fourth-order valence-electron chi connectivity index (χ4n) is 8.07. The number of benzene rings is 2. The van der Waals surface area contributed by atoms with Gasteiger partial charge in [-0.2, -0.15) is 0 Å². The van der Waals surface area contributed by atoms with Gasteiger partial charge in [-0.1, -0.05) is 56.5 Å². The number of amides is 3. The molecule has 2 N–H and O–H groups in total. The van der Waals surface area contributed by atoms with E-state index in [9.17, 15) is 14.4 Å². The Bertz CT molecular complexity index is 1440. The largest absolute Gasteiger partial charge is 0.457 e. The number of fused-ring (bicyclic) bond motifs is 1. The first-order valence-electron chi connectivity index (χ1n) is 17.0. The van der Waals surface area contributed by atoms with Crippen LogP contribution in [0.3, 0.4) is 0 Å². The van der Waals surface area contributed by atoms with Crippen molar-refractivity contribution in [2.24, 2.45) is 11.8 Å². The van der Waals surface area contributed by atoms with Gasteiger partial charge in [-0.15, -0.1) is 0 Å². The second-order valence-electron chi connectivity index (χ2n) is 13.3. The van der Waals surface area contributed by atoms with Gasteiger partial charge in [-0.05, 0) is 55.8 Å². The summed E-state index contributed by atoms with van der Waals surface area (Å²) >= 11 is 0. The van der Waals surface area contributed by atoms with E-state index in [2.05, 4.69) is 27.4 Å². The number of hydrogen-bond acceptors (Lipinski definition) is 7. The molecule has 2 aromatic rings. The molecule has 4 heterocycles. The Morgan fingerprint density at radius 2 is 1.59 bits per heavy atom. The average molecular weight is 628 g/mol. The Balaban J connectivity index is 1.08. The zero-order valence-corrected chi connectivity index (χ0v) is 26.6. The van der Waals surface area contributed by atoms with E-state index in [0.29, 0.717) is 24.5 Å². The van der Waals surface area contributed by atoms with Gasteiger partial charge in [0, 0.05) is 51.0 Å². The molecular weight excluding hydrogens is 582 g/mol. The maximum atomic E-state index is 14.3. The number of hydrogen-bond donors (Lipinski definition) is 2. The highest BCUT2D eigenvalue weighted by atomic mass is 16.5. The number of ether oxygens (including phenoxy) is 2. The molecule has 1 saturated carbocycles. The smallest absolute Gasteiger partial charge is 0.246 e. The first kappa shape index (κ1) is 30.9. The zero-order valence-electron chi connectivity index (χ0n) is 26.6. The van der Waals surface area contributed by atoms with Crippen molar-refractivity contribution in [3.63, 3.8) is 0 Å². The van der Waals surface area contributed by atoms with Gasteiger partial charge >= 0.3 is 0 Å².